The van der Waals surface area contributed by atoms with E-state index in [1.165, 1.54) is 11.8 Å². The molecule has 1 aliphatic heterocycles. The Morgan fingerprint density at radius 1 is 1.34 bits per heavy atom. The highest BCUT2D eigenvalue weighted by Crippen LogP contribution is 2.21. The van der Waals surface area contributed by atoms with Crippen LogP contribution in [0.15, 0.2) is 30.5 Å². The molecule has 2 heterocycles. The van der Waals surface area contributed by atoms with Gasteiger partial charge in [-0.2, -0.15) is 0 Å². The average Bonchev–Trinajstić information content (AvgIpc) is 3.33. The van der Waals surface area contributed by atoms with Crippen LogP contribution in [0.25, 0.3) is 10.9 Å². The molecule has 4 atom stereocenters. The second-order valence-electron chi connectivity index (χ2n) is 7.42. The summed E-state index contributed by atoms with van der Waals surface area (Å²) in [6.45, 7) is 1.76. The van der Waals surface area contributed by atoms with E-state index in [2.05, 4.69) is 10.3 Å². The molecule has 0 bridgehead atoms. The summed E-state index contributed by atoms with van der Waals surface area (Å²) in [4.78, 5) is 41.4. The van der Waals surface area contributed by atoms with Gasteiger partial charge in [-0.05, 0) is 31.4 Å². The van der Waals surface area contributed by atoms with E-state index in [0.717, 1.165) is 16.5 Å². The molecule has 0 saturated carbocycles. The number of aromatic nitrogens is 1. The molecule has 3 rings (SSSR count). The van der Waals surface area contributed by atoms with Gasteiger partial charge in [-0.3, -0.25) is 9.59 Å². The summed E-state index contributed by atoms with van der Waals surface area (Å²) in [6.07, 6.45) is 1.83. The zero-order valence-corrected chi connectivity index (χ0v) is 16.2. The van der Waals surface area contributed by atoms with Crippen LogP contribution in [0.1, 0.15) is 25.3 Å². The first-order valence-electron chi connectivity index (χ1n) is 9.62. The predicted octanol–water partition coefficient (Wildman–Crippen LogP) is -0.0211. The van der Waals surface area contributed by atoms with Crippen molar-refractivity contribution in [3.05, 3.63) is 36.0 Å². The number of hydrogen-bond donors (Lipinski definition) is 5. The maximum Gasteiger partial charge on any atom is 0.326 e. The number of amides is 2. The SMILES string of the molecule is C[C@@H](O)[C@H](N)C(=O)N1CCC[C@H]1C(=O)N[C@@H](Cc1c[nH]c2ccccc12)C(=O)O. The Balaban J connectivity index is 1.72. The number of aliphatic hydroxyl groups excluding tert-OH is 1. The van der Waals surface area contributed by atoms with E-state index in [1.807, 2.05) is 24.3 Å². The van der Waals surface area contributed by atoms with Gasteiger partial charge < -0.3 is 31.1 Å². The molecule has 1 fully saturated rings. The summed E-state index contributed by atoms with van der Waals surface area (Å²) in [6, 6.07) is 4.47. The molecule has 1 saturated heterocycles. The van der Waals surface area contributed by atoms with Crippen LogP contribution in [0.3, 0.4) is 0 Å². The van der Waals surface area contributed by atoms with Crippen molar-refractivity contribution in [2.75, 3.05) is 6.54 Å². The number of carbonyl (C=O) groups is 3. The number of benzene rings is 1. The number of nitrogens with two attached hydrogens (primary N) is 1. The maximum atomic E-state index is 12.8. The van der Waals surface area contributed by atoms with Crippen LogP contribution in [0.5, 0.6) is 0 Å². The molecular weight excluding hydrogens is 376 g/mol. The number of nitrogens with zero attached hydrogens (tertiary/aromatic N) is 1. The first-order valence-corrected chi connectivity index (χ1v) is 9.62. The number of carbonyl (C=O) groups excluding carboxylic acids is 2. The molecular formula is C20H26N4O5. The highest BCUT2D eigenvalue weighted by atomic mass is 16.4. The number of carboxylic acid groups (broad SMARTS) is 1. The van der Waals surface area contributed by atoms with E-state index in [-0.39, 0.29) is 6.42 Å². The normalized spacial score (nSPS) is 19.7. The van der Waals surface area contributed by atoms with Crippen molar-refractivity contribution in [1.29, 1.82) is 0 Å². The van der Waals surface area contributed by atoms with Gasteiger partial charge in [0.25, 0.3) is 0 Å². The second-order valence-corrected chi connectivity index (χ2v) is 7.42. The minimum Gasteiger partial charge on any atom is -0.480 e. The fraction of sp³-hybridized carbons (Fsp3) is 0.450. The number of rotatable bonds is 7. The predicted molar refractivity (Wildman–Crippen MR) is 106 cm³/mol. The van der Waals surface area contributed by atoms with E-state index in [0.29, 0.717) is 19.4 Å². The smallest absolute Gasteiger partial charge is 0.326 e. The van der Waals surface area contributed by atoms with Crippen molar-refractivity contribution >= 4 is 28.7 Å². The summed E-state index contributed by atoms with van der Waals surface area (Å²) in [5.74, 6) is -2.19. The quantitative estimate of drug-likeness (QED) is 0.439. The van der Waals surface area contributed by atoms with Crippen LogP contribution in [0.4, 0.5) is 0 Å². The minimum absolute atomic E-state index is 0.110. The Kier molecular flexibility index (Phi) is 6.19. The number of aliphatic hydroxyl groups is 1. The number of hydrogen-bond acceptors (Lipinski definition) is 5. The summed E-state index contributed by atoms with van der Waals surface area (Å²) in [5, 5.41) is 22.6. The molecule has 156 valence electrons. The van der Waals surface area contributed by atoms with E-state index < -0.39 is 42.0 Å². The lowest BCUT2D eigenvalue weighted by molar-refractivity contribution is -0.144. The van der Waals surface area contributed by atoms with Gasteiger partial charge in [0.15, 0.2) is 0 Å². The Morgan fingerprint density at radius 3 is 2.76 bits per heavy atom. The lowest BCUT2D eigenvalue weighted by Gasteiger charge is -2.28. The van der Waals surface area contributed by atoms with Gasteiger partial charge in [0.1, 0.15) is 18.1 Å². The lowest BCUT2D eigenvalue weighted by atomic mass is 10.0. The van der Waals surface area contributed by atoms with Crippen LogP contribution in [0, 0.1) is 0 Å². The Morgan fingerprint density at radius 2 is 2.07 bits per heavy atom. The fourth-order valence-electron chi connectivity index (χ4n) is 3.69. The third kappa shape index (κ3) is 4.41. The molecule has 6 N–H and O–H groups in total. The fourth-order valence-corrected chi connectivity index (χ4v) is 3.69. The first-order chi connectivity index (χ1) is 13.8. The number of aliphatic carboxylic acids is 1. The maximum absolute atomic E-state index is 12.8. The van der Waals surface area contributed by atoms with Crippen molar-refractivity contribution in [2.24, 2.45) is 5.73 Å². The summed E-state index contributed by atoms with van der Waals surface area (Å²) in [5.41, 5.74) is 7.39. The van der Waals surface area contributed by atoms with Gasteiger partial charge in [-0.15, -0.1) is 0 Å². The van der Waals surface area contributed by atoms with Gasteiger partial charge in [-0.1, -0.05) is 18.2 Å². The van der Waals surface area contributed by atoms with Gasteiger partial charge in [0.05, 0.1) is 6.10 Å². The minimum atomic E-state index is -1.15. The van der Waals surface area contributed by atoms with E-state index in [1.54, 1.807) is 6.20 Å². The van der Waals surface area contributed by atoms with Crippen molar-refractivity contribution in [2.45, 2.75) is 50.4 Å². The number of nitrogens with one attached hydrogen (secondary N) is 2. The first kappa shape index (κ1) is 20.8. The van der Waals surface area contributed by atoms with Gasteiger partial charge in [0.2, 0.25) is 11.8 Å². The zero-order chi connectivity index (χ0) is 21.1. The van der Waals surface area contributed by atoms with Gasteiger partial charge in [0, 0.05) is 30.1 Å². The Hall–Kier alpha value is -2.91. The monoisotopic (exact) mass is 402 g/mol. The molecule has 0 aliphatic carbocycles. The third-order valence-electron chi connectivity index (χ3n) is 5.36. The highest BCUT2D eigenvalue weighted by Gasteiger charge is 2.38. The summed E-state index contributed by atoms with van der Waals surface area (Å²) >= 11 is 0. The van der Waals surface area contributed by atoms with Crippen LogP contribution < -0.4 is 11.1 Å². The molecule has 2 amide bonds. The molecule has 0 radical (unpaired) electrons. The molecule has 0 spiro atoms. The zero-order valence-electron chi connectivity index (χ0n) is 16.2. The van der Waals surface area contributed by atoms with Crippen molar-refractivity contribution in [1.82, 2.24) is 15.2 Å². The number of carboxylic acids is 1. The number of H-pyrrole nitrogens is 1. The standard InChI is InChI=1S/C20H26N4O5/c1-11(25)17(21)19(27)24-8-4-7-16(24)18(26)23-15(20(28)29)9-12-10-22-14-6-3-2-5-13(12)14/h2-3,5-6,10-11,15-17,22,25H,4,7-9,21H2,1H3,(H,23,26)(H,28,29)/t11-,15+,16+,17+/m1/s1. The topological polar surface area (TPSA) is 149 Å². The molecule has 1 aliphatic rings. The van der Waals surface area contributed by atoms with Crippen LogP contribution in [0.2, 0.25) is 0 Å². The van der Waals surface area contributed by atoms with E-state index >= 15 is 0 Å². The molecule has 29 heavy (non-hydrogen) atoms. The van der Waals surface area contributed by atoms with Crippen LogP contribution in [-0.4, -0.2) is 68.7 Å². The third-order valence-corrected chi connectivity index (χ3v) is 5.36. The van der Waals surface area contributed by atoms with Crippen molar-refractivity contribution in [3.8, 4) is 0 Å². The van der Waals surface area contributed by atoms with E-state index in [4.69, 9.17) is 5.73 Å². The molecule has 9 heteroatoms. The van der Waals surface area contributed by atoms with Crippen molar-refractivity contribution in [3.63, 3.8) is 0 Å². The van der Waals surface area contributed by atoms with Crippen molar-refractivity contribution < 1.29 is 24.6 Å². The largest absolute Gasteiger partial charge is 0.480 e. The Labute approximate surface area is 167 Å². The van der Waals surface area contributed by atoms with Crippen LogP contribution in [-0.2, 0) is 20.8 Å². The molecule has 1 aromatic heterocycles. The van der Waals surface area contributed by atoms with E-state index in [9.17, 15) is 24.6 Å². The lowest BCUT2D eigenvalue weighted by Crippen LogP contribution is -2.56. The molecule has 9 nitrogen and oxygen atoms in total. The molecule has 1 aromatic carbocycles. The second kappa shape index (κ2) is 8.62. The number of fused-ring (bicyclic) bond motifs is 1. The highest BCUT2D eigenvalue weighted by molar-refractivity contribution is 5.93. The summed E-state index contributed by atoms with van der Waals surface area (Å²) in [7, 11) is 0. The van der Waals surface area contributed by atoms with Gasteiger partial charge >= 0.3 is 5.97 Å². The molecule has 0 unspecified atom stereocenters. The summed E-state index contributed by atoms with van der Waals surface area (Å²) < 4.78 is 0. The Bertz CT molecular complexity index is 909. The number of para-hydroxylation sites is 1. The number of likely N-dealkylation sites (tertiary alicyclic amines) is 1. The van der Waals surface area contributed by atoms with Gasteiger partial charge in [-0.25, -0.2) is 4.79 Å². The molecule has 2 aromatic rings. The van der Waals surface area contributed by atoms with Crippen LogP contribution >= 0.6 is 0 Å². The number of aromatic amines is 1. The average molecular weight is 402 g/mol.